The largest absolute Gasteiger partial charge is 0.488 e. The summed E-state index contributed by atoms with van der Waals surface area (Å²) in [6, 6.07) is 51.8. The van der Waals surface area contributed by atoms with Crippen molar-refractivity contribution < 1.29 is 28.9 Å². The molecule has 0 aliphatic heterocycles. The van der Waals surface area contributed by atoms with E-state index in [1.807, 2.05) is 110 Å². The van der Waals surface area contributed by atoms with Crippen LogP contribution in [0.15, 0.2) is 158 Å². The number of aromatic carboxylic acids is 1. The van der Waals surface area contributed by atoms with Crippen molar-refractivity contribution in [2.24, 2.45) is 0 Å². The summed E-state index contributed by atoms with van der Waals surface area (Å²) in [6.07, 6.45) is 6.27. The van der Waals surface area contributed by atoms with Crippen LogP contribution in [0.1, 0.15) is 99.5 Å². The van der Waals surface area contributed by atoms with Gasteiger partial charge in [-0.3, -0.25) is 0 Å². The fourth-order valence-electron chi connectivity index (χ4n) is 7.71. The highest BCUT2D eigenvalue weighted by Gasteiger charge is 2.22. The molecule has 6 aromatic carbocycles. The molecule has 0 heterocycles. The summed E-state index contributed by atoms with van der Waals surface area (Å²) < 4.78 is 17.5. The lowest BCUT2D eigenvalue weighted by Gasteiger charge is -2.15. The van der Waals surface area contributed by atoms with Crippen molar-refractivity contribution in [2.45, 2.75) is 58.7 Å². The average Bonchev–Trinajstić information content (AvgIpc) is 3.98. The van der Waals surface area contributed by atoms with Gasteiger partial charge in [-0.15, -0.1) is 0 Å². The molecule has 2 aliphatic carbocycles. The van der Waals surface area contributed by atoms with Gasteiger partial charge in [0.1, 0.15) is 24.7 Å². The Morgan fingerprint density at radius 3 is 1.31 bits per heavy atom. The molecule has 6 aromatic rings. The fraction of sp³-hybridized carbons (Fsp3) is 0.192. The van der Waals surface area contributed by atoms with Crippen molar-refractivity contribution in [1.82, 2.24) is 0 Å². The molecule has 0 aromatic heterocycles. The molecule has 0 bridgehead atoms. The van der Waals surface area contributed by atoms with Crippen LogP contribution in [0.3, 0.4) is 0 Å². The van der Waals surface area contributed by atoms with Crippen molar-refractivity contribution in [3.63, 3.8) is 0 Å². The third-order valence-corrected chi connectivity index (χ3v) is 10.6. The summed E-state index contributed by atoms with van der Waals surface area (Å²) in [5.74, 6) is 0.637. The first kappa shape index (κ1) is 39.6. The van der Waals surface area contributed by atoms with Crippen molar-refractivity contribution in [2.75, 3.05) is 6.61 Å². The van der Waals surface area contributed by atoms with Gasteiger partial charge in [-0.05, 0) is 126 Å². The van der Waals surface area contributed by atoms with Crippen LogP contribution in [0, 0.1) is 0 Å². The number of para-hydroxylation sites is 2. The molecule has 0 unspecified atom stereocenters. The molecule has 6 heteroatoms. The predicted octanol–water partition coefficient (Wildman–Crippen LogP) is 12.6. The SMILES string of the molecule is CCOC(=O)c1ccc(C2=C(c3ccccc3OCc3ccccc3)CCC2)cc1.O=C(O)c1ccc(C2=C(c3ccccc3OCc3ccccc3)CCC2)cc1. The molecule has 6 nitrogen and oxygen atoms in total. The van der Waals surface area contributed by atoms with Crippen LogP contribution in [0.2, 0.25) is 0 Å². The van der Waals surface area contributed by atoms with Gasteiger partial charge in [-0.2, -0.15) is 0 Å². The van der Waals surface area contributed by atoms with Crippen LogP contribution < -0.4 is 9.47 Å². The van der Waals surface area contributed by atoms with E-state index >= 15 is 0 Å². The van der Waals surface area contributed by atoms with E-state index < -0.39 is 5.97 Å². The molecule has 0 amide bonds. The summed E-state index contributed by atoms with van der Waals surface area (Å²) in [6.45, 7) is 3.29. The minimum atomic E-state index is -0.896. The molecule has 1 N–H and O–H groups in total. The molecule has 0 spiro atoms. The van der Waals surface area contributed by atoms with Crippen LogP contribution >= 0.6 is 0 Å². The summed E-state index contributed by atoms with van der Waals surface area (Å²) >= 11 is 0. The molecule has 2 aliphatic rings. The Balaban J connectivity index is 0.000000177. The van der Waals surface area contributed by atoms with E-state index in [0.717, 1.165) is 83.4 Å². The second kappa shape index (κ2) is 19.5. The first-order valence-corrected chi connectivity index (χ1v) is 20.1. The minimum absolute atomic E-state index is 0.274. The summed E-state index contributed by atoms with van der Waals surface area (Å²) in [5.41, 5.74) is 13.0. The minimum Gasteiger partial charge on any atom is -0.488 e. The zero-order chi connectivity index (χ0) is 40.1. The molecular weight excluding hydrogens is 721 g/mol. The standard InChI is InChI=1S/C27H26O3.C25H22O3/c1-2-29-27(28)22-17-15-21(16-18-22)23-12-8-13-24(23)25-11-6-7-14-26(25)30-19-20-9-4-3-5-10-20;26-25(27)20-15-13-19(14-16-20)21-10-6-11-22(21)23-9-4-5-12-24(23)28-17-18-7-2-1-3-8-18/h3-7,9-11,14-18H,2,8,12-13,19H2,1H3;1-5,7-9,12-16H,6,10-11,17H2,(H,26,27). The van der Waals surface area contributed by atoms with Crippen LogP contribution in [0.25, 0.3) is 22.3 Å². The highest BCUT2D eigenvalue weighted by atomic mass is 16.5. The van der Waals surface area contributed by atoms with Crippen molar-refractivity contribution in [3.8, 4) is 11.5 Å². The number of carbonyl (C=O) groups excluding carboxylic acids is 1. The molecule has 8 rings (SSSR count). The van der Waals surface area contributed by atoms with Gasteiger partial charge in [-0.25, -0.2) is 9.59 Å². The molecule has 0 saturated heterocycles. The number of hydrogen-bond acceptors (Lipinski definition) is 5. The summed E-state index contributed by atoms with van der Waals surface area (Å²) in [5, 5.41) is 9.13. The van der Waals surface area contributed by atoms with Gasteiger partial charge in [-0.1, -0.05) is 121 Å². The highest BCUT2D eigenvalue weighted by molar-refractivity contribution is 5.96. The number of ether oxygens (including phenoxy) is 3. The fourth-order valence-corrected chi connectivity index (χ4v) is 7.71. The first-order chi connectivity index (χ1) is 28.5. The van der Waals surface area contributed by atoms with Gasteiger partial charge >= 0.3 is 11.9 Å². The number of benzene rings is 6. The number of carboxylic acid groups (broad SMARTS) is 1. The Morgan fingerprint density at radius 2 is 0.879 bits per heavy atom. The lowest BCUT2D eigenvalue weighted by atomic mass is 9.96. The Bertz CT molecular complexity index is 2380. The van der Waals surface area contributed by atoms with E-state index in [1.165, 1.54) is 22.3 Å². The smallest absolute Gasteiger partial charge is 0.338 e. The number of esters is 1. The van der Waals surface area contributed by atoms with Crippen LogP contribution in [0.5, 0.6) is 11.5 Å². The van der Waals surface area contributed by atoms with E-state index in [4.69, 9.17) is 19.3 Å². The molecule has 292 valence electrons. The lowest BCUT2D eigenvalue weighted by Crippen LogP contribution is -2.04. The first-order valence-electron chi connectivity index (χ1n) is 20.1. The zero-order valence-electron chi connectivity index (χ0n) is 32.9. The van der Waals surface area contributed by atoms with Gasteiger partial charge < -0.3 is 19.3 Å². The van der Waals surface area contributed by atoms with Crippen LogP contribution in [-0.4, -0.2) is 23.7 Å². The lowest BCUT2D eigenvalue weighted by molar-refractivity contribution is 0.0525. The van der Waals surface area contributed by atoms with Gasteiger partial charge in [0.25, 0.3) is 0 Å². The van der Waals surface area contributed by atoms with Gasteiger partial charge in [0.15, 0.2) is 0 Å². The number of rotatable bonds is 13. The van der Waals surface area contributed by atoms with Gasteiger partial charge in [0.05, 0.1) is 17.7 Å². The normalized spacial score (nSPS) is 13.5. The van der Waals surface area contributed by atoms with E-state index in [9.17, 15) is 9.59 Å². The third-order valence-electron chi connectivity index (χ3n) is 10.6. The third kappa shape index (κ3) is 9.82. The second-order valence-electron chi connectivity index (χ2n) is 14.3. The Labute approximate surface area is 341 Å². The van der Waals surface area contributed by atoms with E-state index in [0.29, 0.717) is 30.9 Å². The molecule has 0 radical (unpaired) electrons. The topological polar surface area (TPSA) is 82.1 Å². The zero-order valence-corrected chi connectivity index (χ0v) is 32.9. The number of allylic oxidation sites excluding steroid dienone is 4. The quantitative estimate of drug-likeness (QED) is 0.118. The van der Waals surface area contributed by atoms with Crippen molar-refractivity contribution in [1.29, 1.82) is 0 Å². The molecule has 0 saturated carbocycles. The average molecular weight is 769 g/mol. The van der Waals surface area contributed by atoms with Crippen molar-refractivity contribution >= 4 is 34.2 Å². The van der Waals surface area contributed by atoms with Gasteiger partial charge in [0.2, 0.25) is 0 Å². The maximum absolute atomic E-state index is 11.9. The molecule has 0 atom stereocenters. The molecular formula is C52H48O6. The Morgan fingerprint density at radius 1 is 0.483 bits per heavy atom. The monoisotopic (exact) mass is 768 g/mol. The predicted molar refractivity (Wildman–Crippen MR) is 232 cm³/mol. The number of hydrogen-bond donors (Lipinski definition) is 1. The summed E-state index contributed by atoms with van der Waals surface area (Å²) in [4.78, 5) is 23.1. The Kier molecular flexibility index (Phi) is 13.3. The highest BCUT2D eigenvalue weighted by Crippen LogP contribution is 2.44. The van der Waals surface area contributed by atoms with E-state index in [2.05, 4.69) is 42.5 Å². The maximum atomic E-state index is 11.9. The number of carboxylic acids is 1. The molecule has 0 fully saturated rings. The van der Waals surface area contributed by atoms with E-state index in [-0.39, 0.29) is 5.97 Å². The van der Waals surface area contributed by atoms with Crippen LogP contribution in [-0.2, 0) is 18.0 Å². The van der Waals surface area contributed by atoms with Gasteiger partial charge in [0, 0.05) is 11.1 Å². The van der Waals surface area contributed by atoms with Crippen LogP contribution in [0.4, 0.5) is 0 Å². The Hall–Kier alpha value is -6.66. The van der Waals surface area contributed by atoms with E-state index in [1.54, 1.807) is 12.1 Å². The molecule has 58 heavy (non-hydrogen) atoms. The number of carbonyl (C=O) groups is 2. The maximum Gasteiger partial charge on any atom is 0.338 e. The van der Waals surface area contributed by atoms with Crippen molar-refractivity contribution in [3.05, 3.63) is 202 Å². The summed E-state index contributed by atoms with van der Waals surface area (Å²) in [7, 11) is 0. The second-order valence-corrected chi connectivity index (χ2v) is 14.3.